The maximum Gasteiger partial charge on any atom is 0.257 e. The lowest BCUT2D eigenvalue weighted by atomic mass is 10.0. The van der Waals surface area contributed by atoms with E-state index in [0.29, 0.717) is 12.0 Å². The van der Waals surface area contributed by atoms with Crippen molar-refractivity contribution in [3.63, 3.8) is 0 Å². The van der Waals surface area contributed by atoms with Crippen LogP contribution in [-0.4, -0.2) is 43.1 Å². The molecular weight excluding hydrogens is 300 g/mol. The van der Waals surface area contributed by atoms with E-state index in [1.807, 2.05) is 29.2 Å². The van der Waals surface area contributed by atoms with Gasteiger partial charge in [0.25, 0.3) is 5.91 Å². The number of nitrogens with one attached hydrogen (secondary N) is 1. The minimum Gasteiger partial charge on any atom is -0.492 e. The van der Waals surface area contributed by atoms with E-state index in [9.17, 15) is 4.79 Å². The van der Waals surface area contributed by atoms with Gasteiger partial charge in [-0.2, -0.15) is 0 Å². The number of benzene rings is 1. The molecule has 4 nitrogen and oxygen atoms in total. The smallest absolute Gasteiger partial charge is 0.257 e. The highest BCUT2D eigenvalue weighted by Gasteiger charge is 2.28. The topological polar surface area (TPSA) is 41.6 Å². The number of carbonyl (C=O) groups excluding carboxylic acids is 1. The van der Waals surface area contributed by atoms with E-state index in [1.54, 1.807) is 0 Å². The van der Waals surface area contributed by atoms with Crippen LogP contribution in [0.1, 0.15) is 48.9 Å². The average molecular weight is 328 g/mol. The number of para-hydroxylation sites is 1. The highest BCUT2D eigenvalue weighted by molar-refractivity contribution is 5.97. The summed E-state index contributed by atoms with van der Waals surface area (Å²) in [5, 5.41) is 3.67. The van der Waals surface area contributed by atoms with Gasteiger partial charge >= 0.3 is 0 Å². The number of piperidine rings is 1. The Labute approximate surface area is 144 Å². The molecule has 3 aliphatic rings. The Balaban J connectivity index is 1.31. The zero-order chi connectivity index (χ0) is 16.4. The van der Waals surface area contributed by atoms with Crippen molar-refractivity contribution in [3.8, 4) is 5.75 Å². The number of ether oxygens (including phenoxy) is 1. The van der Waals surface area contributed by atoms with E-state index < -0.39 is 0 Å². The first kappa shape index (κ1) is 15.9. The summed E-state index contributed by atoms with van der Waals surface area (Å²) in [6.07, 6.45) is 7.42. The molecule has 2 saturated carbocycles. The van der Waals surface area contributed by atoms with Crippen molar-refractivity contribution in [1.29, 1.82) is 0 Å². The van der Waals surface area contributed by atoms with Crippen LogP contribution in [0, 0.1) is 11.8 Å². The fraction of sp³-hybridized carbons (Fsp3) is 0.650. The number of amides is 1. The van der Waals surface area contributed by atoms with Crippen LogP contribution in [0.15, 0.2) is 24.3 Å². The lowest BCUT2D eigenvalue weighted by Crippen LogP contribution is -2.45. The number of likely N-dealkylation sites (tertiary alicyclic amines) is 1. The molecule has 24 heavy (non-hydrogen) atoms. The molecule has 1 aliphatic heterocycles. The molecule has 4 rings (SSSR count). The Bertz CT molecular complexity index is 573. The number of rotatable bonds is 7. The third kappa shape index (κ3) is 4.10. The number of carbonyl (C=O) groups is 1. The van der Waals surface area contributed by atoms with Gasteiger partial charge in [-0.3, -0.25) is 4.79 Å². The molecule has 4 heteroatoms. The first-order chi connectivity index (χ1) is 11.8. The fourth-order valence-corrected chi connectivity index (χ4v) is 3.37. The molecule has 1 N–H and O–H groups in total. The van der Waals surface area contributed by atoms with Crippen molar-refractivity contribution in [1.82, 2.24) is 10.2 Å². The Hall–Kier alpha value is -1.55. The fourth-order valence-electron chi connectivity index (χ4n) is 3.37. The molecule has 0 radical (unpaired) electrons. The minimum absolute atomic E-state index is 0.127. The Morgan fingerprint density at radius 2 is 1.75 bits per heavy atom. The first-order valence-electron chi connectivity index (χ1n) is 9.54. The van der Waals surface area contributed by atoms with Gasteiger partial charge in [0.2, 0.25) is 0 Å². The molecule has 0 spiro atoms. The number of nitrogens with zero attached hydrogens (tertiary/aromatic N) is 1. The van der Waals surface area contributed by atoms with Gasteiger partial charge in [-0.25, -0.2) is 0 Å². The van der Waals surface area contributed by atoms with E-state index in [-0.39, 0.29) is 5.91 Å². The molecular formula is C20H28N2O2. The SMILES string of the molecule is O=C(c1ccccc1OCC1CC1)N1CCC(NCC2CC2)CC1. The zero-order valence-corrected chi connectivity index (χ0v) is 14.4. The highest BCUT2D eigenvalue weighted by atomic mass is 16.5. The third-order valence-electron chi connectivity index (χ3n) is 5.46. The van der Waals surface area contributed by atoms with Gasteiger partial charge in [0.05, 0.1) is 12.2 Å². The Morgan fingerprint density at radius 3 is 2.46 bits per heavy atom. The van der Waals surface area contributed by atoms with Crippen LogP contribution in [0.4, 0.5) is 0 Å². The largest absolute Gasteiger partial charge is 0.492 e. The van der Waals surface area contributed by atoms with Gasteiger partial charge in [-0.15, -0.1) is 0 Å². The highest BCUT2D eigenvalue weighted by Crippen LogP contribution is 2.31. The molecule has 1 aromatic carbocycles. The average Bonchev–Trinajstić information content (AvgIpc) is 3.53. The summed E-state index contributed by atoms with van der Waals surface area (Å²) in [7, 11) is 0. The van der Waals surface area contributed by atoms with Gasteiger partial charge in [0, 0.05) is 19.1 Å². The van der Waals surface area contributed by atoms with Crippen LogP contribution in [0.25, 0.3) is 0 Å². The molecule has 1 amide bonds. The Morgan fingerprint density at radius 1 is 1.04 bits per heavy atom. The molecule has 1 aromatic rings. The second-order valence-electron chi connectivity index (χ2n) is 7.67. The molecule has 1 heterocycles. The van der Waals surface area contributed by atoms with Gasteiger partial charge in [0.15, 0.2) is 0 Å². The first-order valence-corrected chi connectivity index (χ1v) is 9.54. The van der Waals surface area contributed by atoms with Crippen LogP contribution in [0.5, 0.6) is 5.75 Å². The van der Waals surface area contributed by atoms with Crippen molar-refractivity contribution in [2.45, 2.75) is 44.6 Å². The van der Waals surface area contributed by atoms with Crippen LogP contribution in [0.2, 0.25) is 0 Å². The lowest BCUT2D eigenvalue weighted by molar-refractivity contribution is 0.0700. The molecule has 0 bridgehead atoms. The predicted molar refractivity (Wildman–Crippen MR) is 94.3 cm³/mol. The van der Waals surface area contributed by atoms with Gasteiger partial charge in [-0.05, 0) is 69.0 Å². The maximum atomic E-state index is 12.9. The summed E-state index contributed by atoms with van der Waals surface area (Å²) in [6.45, 7) is 3.60. The molecule has 3 fully saturated rings. The van der Waals surface area contributed by atoms with Crippen molar-refractivity contribution >= 4 is 5.91 Å². The third-order valence-corrected chi connectivity index (χ3v) is 5.46. The maximum absolute atomic E-state index is 12.9. The molecule has 2 aliphatic carbocycles. The number of hydrogen-bond donors (Lipinski definition) is 1. The lowest BCUT2D eigenvalue weighted by Gasteiger charge is -2.33. The molecule has 0 unspecified atom stereocenters. The van der Waals surface area contributed by atoms with Crippen LogP contribution in [0.3, 0.4) is 0 Å². The normalized spacial score (nSPS) is 21.8. The quantitative estimate of drug-likeness (QED) is 0.836. The van der Waals surface area contributed by atoms with Crippen molar-refractivity contribution in [3.05, 3.63) is 29.8 Å². The second kappa shape index (κ2) is 7.14. The molecule has 1 saturated heterocycles. The van der Waals surface area contributed by atoms with Gasteiger partial charge in [0.1, 0.15) is 5.75 Å². The summed E-state index contributed by atoms with van der Waals surface area (Å²) < 4.78 is 5.91. The van der Waals surface area contributed by atoms with E-state index in [4.69, 9.17) is 4.74 Å². The van der Waals surface area contributed by atoms with Crippen LogP contribution < -0.4 is 10.1 Å². The second-order valence-corrected chi connectivity index (χ2v) is 7.67. The van der Waals surface area contributed by atoms with Gasteiger partial charge in [-0.1, -0.05) is 12.1 Å². The monoisotopic (exact) mass is 328 g/mol. The molecule has 0 aromatic heterocycles. The van der Waals surface area contributed by atoms with E-state index in [0.717, 1.165) is 56.3 Å². The van der Waals surface area contributed by atoms with E-state index in [1.165, 1.54) is 25.7 Å². The van der Waals surface area contributed by atoms with Crippen LogP contribution >= 0.6 is 0 Å². The van der Waals surface area contributed by atoms with Crippen molar-refractivity contribution < 1.29 is 9.53 Å². The molecule has 0 atom stereocenters. The number of hydrogen-bond acceptors (Lipinski definition) is 3. The Kier molecular flexibility index (Phi) is 4.74. The summed E-state index contributed by atoms with van der Waals surface area (Å²) in [6, 6.07) is 8.30. The standard InChI is InChI=1S/C20H28N2O2/c23-20(18-3-1-2-4-19(18)24-14-16-7-8-16)22-11-9-17(10-12-22)21-13-15-5-6-15/h1-4,15-17,21H,5-14H2. The van der Waals surface area contributed by atoms with E-state index >= 15 is 0 Å². The van der Waals surface area contributed by atoms with E-state index in [2.05, 4.69) is 5.32 Å². The summed E-state index contributed by atoms with van der Waals surface area (Å²) in [4.78, 5) is 14.9. The summed E-state index contributed by atoms with van der Waals surface area (Å²) >= 11 is 0. The predicted octanol–water partition coefficient (Wildman–Crippen LogP) is 3.08. The van der Waals surface area contributed by atoms with Crippen molar-refractivity contribution in [2.24, 2.45) is 11.8 Å². The van der Waals surface area contributed by atoms with Crippen molar-refractivity contribution in [2.75, 3.05) is 26.2 Å². The zero-order valence-electron chi connectivity index (χ0n) is 14.4. The van der Waals surface area contributed by atoms with Crippen LogP contribution in [-0.2, 0) is 0 Å². The molecule has 130 valence electrons. The van der Waals surface area contributed by atoms with Gasteiger partial charge < -0.3 is 15.0 Å². The summed E-state index contributed by atoms with van der Waals surface area (Å²) in [5.74, 6) is 2.49. The summed E-state index contributed by atoms with van der Waals surface area (Å²) in [5.41, 5.74) is 0.725. The minimum atomic E-state index is 0.127.